The molecule has 0 amide bonds. The first-order valence-corrected chi connectivity index (χ1v) is 8.59. The molecular weight excluding hydrogens is 308 g/mol. The van der Waals surface area contributed by atoms with E-state index < -0.39 is 11.1 Å². The highest BCUT2D eigenvalue weighted by molar-refractivity contribution is 5.82. The summed E-state index contributed by atoms with van der Waals surface area (Å²) in [5.41, 5.74) is 11.0. The summed E-state index contributed by atoms with van der Waals surface area (Å²) in [5.74, 6) is 0. The quantitative estimate of drug-likeness (QED) is 0.759. The fraction of sp³-hybridized carbons (Fsp3) is 0.227. The summed E-state index contributed by atoms with van der Waals surface area (Å²) in [7, 11) is 0. The molecule has 3 nitrogen and oxygen atoms in total. The third-order valence-corrected chi connectivity index (χ3v) is 5.07. The highest BCUT2D eigenvalue weighted by Gasteiger charge is 2.49. The molecule has 3 heteroatoms. The Hall–Kier alpha value is -2.49. The van der Waals surface area contributed by atoms with Crippen molar-refractivity contribution in [3.05, 3.63) is 78.6 Å². The van der Waals surface area contributed by atoms with Crippen LogP contribution in [0.5, 0.6) is 0 Å². The molecule has 0 saturated heterocycles. The number of hydrogen-bond donors (Lipinski definition) is 2. The number of benzene rings is 2. The predicted molar refractivity (Wildman–Crippen MR) is 101 cm³/mol. The van der Waals surface area contributed by atoms with Gasteiger partial charge in [0.25, 0.3) is 0 Å². The van der Waals surface area contributed by atoms with Crippen LogP contribution in [0.15, 0.2) is 73.1 Å². The van der Waals surface area contributed by atoms with Crippen LogP contribution in [0.3, 0.4) is 0 Å². The van der Waals surface area contributed by atoms with Crippen molar-refractivity contribution in [2.75, 3.05) is 0 Å². The van der Waals surface area contributed by atoms with Crippen molar-refractivity contribution in [1.82, 2.24) is 4.98 Å². The van der Waals surface area contributed by atoms with Gasteiger partial charge in [0.1, 0.15) is 0 Å². The highest BCUT2D eigenvalue weighted by atomic mass is 16.3. The van der Waals surface area contributed by atoms with Gasteiger partial charge < -0.3 is 10.8 Å². The number of rotatable bonds is 3. The van der Waals surface area contributed by atoms with Crippen molar-refractivity contribution < 1.29 is 5.11 Å². The molecule has 126 valence electrons. The lowest BCUT2D eigenvalue weighted by Gasteiger charge is -2.49. The molecule has 1 fully saturated rings. The fourth-order valence-electron chi connectivity index (χ4n) is 3.99. The maximum Gasteiger partial charge on any atom is 0.0661 e. The van der Waals surface area contributed by atoms with Crippen LogP contribution in [0.2, 0.25) is 0 Å². The minimum absolute atomic E-state index is 0.417. The minimum atomic E-state index is -0.642. The lowest BCUT2D eigenvalue weighted by molar-refractivity contribution is -0.0738. The lowest BCUT2D eigenvalue weighted by atomic mass is 9.63. The molecule has 1 aliphatic rings. The zero-order valence-electron chi connectivity index (χ0n) is 14.3. The second-order valence-corrected chi connectivity index (χ2v) is 7.37. The van der Waals surface area contributed by atoms with Gasteiger partial charge in [-0.1, -0.05) is 54.6 Å². The van der Waals surface area contributed by atoms with Gasteiger partial charge in [0, 0.05) is 23.5 Å². The van der Waals surface area contributed by atoms with Crippen LogP contribution >= 0.6 is 0 Å². The normalized spacial score (nSPS) is 25.4. The molecule has 3 N–H and O–H groups in total. The molecular formula is C22H22N2O. The van der Waals surface area contributed by atoms with Crippen molar-refractivity contribution >= 4 is 0 Å². The van der Waals surface area contributed by atoms with E-state index in [9.17, 15) is 5.11 Å². The summed E-state index contributed by atoms with van der Waals surface area (Å²) in [5, 5.41) is 10.0. The SMILES string of the molecule is CC1(O)CC(N)(c2ccc(-c3cnccc3-c3ccccc3)cc2)C1. The summed E-state index contributed by atoms with van der Waals surface area (Å²) in [6.45, 7) is 1.84. The number of aliphatic hydroxyl groups is 1. The average molecular weight is 330 g/mol. The Bertz CT molecular complexity index is 877. The molecule has 0 bridgehead atoms. The van der Waals surface area contributed by atoms with Gasteiger partial charge in [-0.3, -0.25) is 4.98 Å². The highest BCUT2D eigenvalue weighted by Crippen LogP contribution is 2.46. The maximum atomic E-state index is 10.0. The Balaban J connectivity index is 1.68. The monoisotopic (exact) mass is 330 g/mol. The van der Waals surface area contributed by atoms with Crippen molar-refractivity contribution in [2.45, 2.75) is 30.9 Å². The Labute approximate surface area is 148 Å². The van der Waals surface area contributed by atoms with Gasteiger partial charge in [-0.25, -0.2) is 0 Å². The molecule has 1 aliphatic carbocycles. The van der Waals surface area contributed by atoms with Gasteiger partial charge in [0.05, 0.1) is 5.60 Å². The molecule has 0 radical (unpaired) electrons. The van der Waals surface area contributed by atoms with Gasteiger partial charge in [-0.2, -0.15) is 0 Å². The van der Waals surface area contributed by atoms with E-state index in [-0.39, 0.29) is 0 Å². The van der Waals surface area contributed by atoms with Crippen LogP contribution in [0.1, 0.15) is 25.3 Å². The molecule has 0 spiro atoms. The molecule has 1 saturated carbocycles. The van der Waals surface area contributed by atoms with Crippen LogP contribution in [0.25, 0.3) is 22.3 Å². The standard InChI is InChI=1S/C22H22N2O/c1-21(25)14-22(23,15-21)18-9-7-17(8-10-18)20-13-24-12-11-19(20)16-5-3-2-4-6-16/h2-13,25H,14-15,23H2,1H3. The third-order valence-electron chi connectivity index (χ3n) is 5.07. The van der Waals surface area contributed by atoms with E-state index in [1.54, 1.807) is 0 Å². The van der Waals surface area contributed by atoms with Gasteiger partial charge in [0.15, 0.2) is 0 Å². The predicted octanol–water partition coefficient (Wildman–Crippen LogP) is 4.11. The molecule has 0 aliphatic heterocycles. The largest absolute Gasteiger partial charge is 0.390 e. The van der Waals surface area contributed by atoms with E-state index in [4.69, 9.17) is 5.73 Å². The van der Waals surface area contributed by atoms with Crippen LogP contribution in [0.4, 0.5) is 0 Å². The number of aromatic nitrogens is 1. The number of nitrogens with zero attached hydrogens (tertiary/aromatic N) is 1. The molecule has 2 aromatic carbocycles. The zero-order valence-corrected chi connectivity index (χ0v) is 14.3. The molecule has 1 aromatic heterocycles. The fourth-order valence-corrected chi connectivity index (χ4v) is 3.99. The van der Waals surface area contributed by atoms with Crippen LogP contribution in [0, 0.1) is 0 Å². The van der Waals surface area contributed by atoms with Gasteiger partial charge >= 0.3 is 0 Å². The second-order valence-electron chi connectivity index (χ2n) is 7.37. The van der Waals surface area contributed by atoms with Crippen LogP contribution in [-0.2, 0) is 5.54 Å². The molecule has 0 atom stereocenters. The number of nitrogens with two attached hydrogens (primary N) is 1. The number of pyridine rings is 1. The Morgan fingerprint density at radius 3 is 2.16 bits per heavy atom. The van der Waals surface area contributed by atoms with E-state index in [2.05, 4.69) is 41.4 Å². The average Bonchev–Trinajstić information content (AvgIpc) is 2.61. The number of hydrogen-bond acceptors (Lipinski definition) is 3. The van der Waals surface area contributed by atoms with Gasteiger partial charge in [-0.15, -0.1) is 0 Å². The Morgan fingerprint density at radius 2 is 1.52 bits per heavy atom. The second kappa shape index (κ2) is 5.80. The zero-order chi connectivity index (χ0) is 17.5. The smallest absolute Gasteiger partial charge is 0.0661 e. The maximum absolute atomic E-state index is 10.0. The summed E-state index contributed by atoms with van der Waals surface area (Å²) >= 11 is 0. The van der Waals surface area contributed by atoms with Crippen molar-refractivity contribution in [2.24, 2.45) is 5.73 Å². The van der Waals surface area contributed by atoms with Crippen LogP contribution < -0.4 is 5.73 Å². The first-order chi connectivity index (χ1) is 12.0. The Kier molecular flexibility index (Phi) is 3.71. The Morgan fingerprint density at radius 1 is 0.880 bits per heavy atom. The topological polar surface area (TPSA) is 59.1 Å². The summed E-state index contributed by atoms with van der Waals surface area (Å²) in [4.78, 5) is 4.31. The van der Waals surface area contributed by atoms with E-state index in [0.29, 0.717) is 12.8 Å². The summed E-state index contributed by atoms with van der Waals surface area (Å²) in [6.07, 6.45) is 4.93. The van der Waals surface area contributed by atoms with E-state index in [1.165, 1.54) is 5.56 Å². The molecule has 0 unspecified atom stereocenters. The van der Waals surface area contributed by atoms with Crippen LogP contribution in [-0.4, -0.2) is 15.7 Å². The summed E-state index contributed by atoms with van der Waals surface area (Å²) in [6, 6.07) is 20.7. The molecule has 1 heterocycles. The molecule has 3 aromatic rings. The lowest BCUT2D eigenvalue weighted by Crippen LogP contribution is -2.58. The molecule has 25 heavy (non-hydrogen) atoms. The first-order valence-electron chi connectivity index (χ1n) is 8.59. The first kappa shape index (κ1) is 16.0. The van der Waals surface area contributed by atoms with Crippen molar-refractivity contribution in [1.29, 1.82) is 0 Å². The third kappa shape index (κ3) is 2.97. The van der Waals surface area contributed by atoms with Gasteiger partial charge in [0.2, 0.25) is 0 Å². The van der Waals surface area contributed by atoms with Gasteiger partial charge in [-0.05, 0) is 48.1 Å². The van der Waals surface area contributed by atoms with Crippen molar-refractivity contribution in [3.8, 4) is 22.3 Å². The van der Waals surface area contributed by atoms with E-state index in [1.807, 2.05) is 43.6 Å². The van der Waals surface area contributed by atoms with E-state index in [0.717, 1.165) is 22.3 Å². The van der Waals surface area contributed by atoms with E-state index >= 15 is 0 Å². The minimum Gasteiger partial charge on any atom is -0.390 e. The summed E-state index contributed by atoms with van der Waals surface area (Å²) < 4.78 is 0. The molecule has 4 rings (SSSR count). The van der Waals surface area contributed by atoms with Crippen molar-refractivity contribution in [3.63, 3.8) is 0 Å².